The average molecular weight is 282 g/mol. The molecule has 2 heterocycles. The summed E-state index contributed by atoms with van der Waals surface area (Å²) >= 11 is 6.03. The molecule has 0 spiro atoms. The van der Waals surface area contributed by atoms with Crippen molar-refractivity contribution >= 4 is 22.8 Å². The van der Waals surface area contributed by atoms with E-state index >= 15 is 0 Å². The van der Waals surface area contributed by atoms with Gasteiger partial charge in [-0.1, -0.05) is 0 Å². The van der Waals surface area contributed by atoms with Crippen LogP contribution in [0.3, 0.4) is 0 Å². The highest BCUT2D eigenvalue weighted by atomic mass is 35.5. The first-order valence-corrected chi connectivity index (χ1v) is 7.30. The summed E-state index contributed by atoms with van der Waals surface area (Å²) in [5.74, 6) is 1.39. The number of alkyl halides is 1. The third kappa shape index (κ3) is 2.25. The van der Waals surface area contributed by atoms with Gasteiger partial charge < -0.3 is 9.47 Å². The Hall–Kier alpha value is -1.07. The summed E-state index contributed by atoms with van der Waals surface area (Å²) in [6.45, 7) is 3.95. The lowest BCUT2D eigenvalue weighted by Gasteiger charge is -2.17. The Morgan fingerprint density at radius 3 is 2.79 bits per heavy atom. The minimum Gasteiger partial charge on any atom is -0.311 e. The average Bonchev–Trinajstić information content (AvgIpc) is 3.10. The summed E-state index contributed by atoms with van der Waals surface area (Å²) in [6, 6.07) is 0.784. The zero-order valence-corrected chi connectivity index (χ0v) is 12.5. The van der Waals surface area contributed by atoms with Crippen molar-refractivity contribution in [1.82, 2.24) is 24.2 Å². The Morgan fingerprint density at radius 2 is 2.16 bits per heavy atom. The molecule has 3 rings (SSSR count). The lowest BCUT2D eigenvalue weighted by Crippen LogP contribution is -2.26. The molecular weight excluding hydrogens is 262 g/mol. The van der Waals surface area contributed by atoms with Crippen LogP contribution in [0.5, 0.6) is 0 Å². The van der Waals surface area contributed by atoms with Crippen molar-refractivity contribution in [3.8, 4) is 0 Å². The van der Waals surface area contributed by atoms with E-state index in [4.69, 9.17) is 11.6 Å². The van der Waals surface area contributed by atoms with E-state index in [0.29, 0.717) is 5.88 Å². The molecule has 0 radical (unpaired) electrons. The molecule has 6 heteroatoms. The minimum absolute atomic E-state index is 0.446. The Bertz CT molecular complexity index is 596. The van der Waals surface area contributed by atoms with E-state index < -0.39 is 0 Å². The second kappa shape index (κ2) is 4.80. The second-order valence-electron chi connectivity index (χ2n) is 5.41. The monoisotopic (exact) mass is 281 g/mol. The molecule has 0 aliphatic heterocycles. The van der Waals surface area contributed by atoms with Gasteiger partial charge in [-0.2, -0.15) is 5.10 Å². The summed E-state index contributed by atoms with van der Waals surface area (Å²) in [6.07, 6.45) is 2.67. The maximum absolute atomic E-state index is 6.03. The highest BCUT2D eigenvalue weighted by Gasteiger charge is 2.26. The van der Waals surface area contributed by atoms with Gasteiger partial charge in [0.1, 0.15) is 11.3 Å². The third-order valence-corrected chi connectivity index (χ3v) is 4.17. The predicted molar refractivity (Wildman–Crippen MR) is 76.4 cm³/mol. The Kier molecular flexibility index (Phi) is 3.27. The highest BCUT2D eigenvalue weighted by Crippen LogP contribution is 2.26. The molecule has 2 aromatic heterocycles. The zero-order valence-electron chi connectivity index (χ0n) is 11.7. The van der Waals surface area contributed by atoms with E-state index in [-0.39, 0.29) is 0 Å². The van der Waals surface area contributed by atoms with Crippen LogP contribution < -0.4 is 0 Å². The standard InChI is InChI=1S/C13H20ClN5/c1-9-12-13(18(3)16-9)19(11(8-14)15-12)7-6-17(2)10-4-5-10/h10H,4-8H2,1-3H3. The maximum Gasteiger partial charge on any atom is 0.158 e. The van der Waals surface area contributed by atoms with Crippen molar-refractivity contribution < 1.29 is 0 Å². The Morgan fingerprint density at radius 1 is 1.42 bits per heavy atom. The molecule has 5 nitrogen and oxygen atoms in total. The largest absolute Gasteiger partial charge is 0.311 e. The molecule has 0 N–H and O–H groups in total. The maximum atomic E-state index is 6.03. The third-order valence-electron chi connectivity index (χ3n) is 3.94. The molecule has 0 saturated heterocycles. The number of rotatable bonds is 5. The van der Waals surface area contributed by atoms with Gasteiger partial charge in [-0.3, -0.25) is 4.68 Å². The first-order valence-electron chi connectivity index (χ1n) is 6.76. The molecule has 1 aliphatic rings. The molecule has 0 amide bonds. The number of fused-ring (bicyclic) bond motifs is 1. The van der Waals surface area contributed by atoms with Crippen LogP contribution >= 0.6 is 11.6 Å². The number of likely N-dealkylation sites (N-methyl/N-ethyl adjacent to an activating group) is 1. The van der Waals surface area contributed by atoms with E-state index in [1.165, 1.54) is 12.8 Å². The summed E-state index contributed by atoms with van der Waals surface area (Å²) in [5.41, 5.74) is 3.03. The van der Waals surface area contributed by atoms with Crippen LogP contribution in [0.25, 0.3) is 11.2 Å². The van der Waals surface area contributed by atoms with Crippen LogP contribution in [0, 0.1) is 6.92 Å². The highest BCUT2D eigenvalue weighted by molar-refractivity contribution is 6.16. The van der Waals surface area contributed by atoms with Crippen LogP contribution in [0.1, 0.15) is 24.4 Å². The Labute approximate surface area is 118 Å². The summed E-state index contributed by atoms with van der Waals surface area (Å²) in [4.78, 5) is 7.04. The van der Waals surface area contributed by atoms with Crippen molar-refractivity contribution in [2.75, 3.05) is 13.6 Å². The smallest absolute Gasteiger partial charge is 0.158 e. The van der Waals surface area contributed by atoms with E-state index in [1.807, 2.05) is 18.7 Å². The Balaban J connectivity index is 1.90. The normalized spacial score (nSPS) is 15.8. The van der Waals surface area contributed by atoms with Crippen molar-refractivity contribution in [3.63, 3.8) is 0 Å². The molecule has 0 unspecified atom stereocenters. The number of nitrogens with zero attached hydrogens (tertiary/aromatic N) is 5. The van der Waals surface area contributed by atoms with E-state index in [2.05, 4.69) is 26.6 Å². The first-order chi connectivity index (χ1) is 9.11. The lowest BCUT2D eigenvalue weighted by atomic mass is 10.4. The molecular formula is C13H20ClN5. The molecule has 19 heavy (non-hydrogen) atoms. The van der Waals surface area contributed by atoms with Gasteiger partial charge >= 0.3 is 0 Å². The number of aromatic nitrogens is 4. The fourth-order valence-corrected chi connectivity index (χ4v) is 2.88. The van der Waals surface area contributed by atoms with Crippen molar-refractivity contribution in [3.05, 3.63) is 11.5 Å². The molecule has 1 saturated carbocycles. The topological polar surface area (TPSA) is 38.9 Å². The number of aryl methyl sites for hydroxylation is 2. The fourth-order valence-electron chi connectivity index (χ4n) is 2.67. The molecule has 2 aromatic rings. The molecule has 1 aliphatic carbocycles. The number of halogens is 1. The van der Waals surface area contributed by atoms with Gasteiger partial charge in [0.15, 0.2) is 5.65 Å². The van der Waals surface area contributed by atoms with Gasteiger partial charge in [-0.25, -0.2) is 4.98 Å². The van der Waals surface area contributed by atoms with Gasteiger partial charge in [0.2, 0.25) is 0 Å². The minimum atomic E-state index is 0.446. The molecule has 0 bridgehead atoms. The summed E-state index contributed by atoms with van der Waals surface area (Å²) < 4.78 is 4.12. The van der Waals surface area contributed by atoms with Crippen LogP contribution in [0.15, 0.2) is 0 Å². The molecule has 1 fully saturated rings. The predicted octanol–water partition coefficient (Wildman–Crippen LogP) is 1.91. The van der Waals surface area contributed by atoms with Crippen molar-refractivity contribution in [2.24, 2.45) is 7.05 Å². The number of hydrogen-bond acceptors (Lipinski definition) is 3. The van der Waals surface area contributed by atoms with Crippen molar-refractivity contribution in [2.45, 2.75) is 38.2 Å². The molecule has 0 atom stereocenters. The first kappa shape index (κ1) is 12.9. The zero-order chi connectivity index (χ0) is 13.6. The van der Waals surface area contributed by atoms with E-state index in [9.17, 15) is 0 Å². The summed E-state index contributed by atoms with van der Waals surface area (Å²) in [7, 11) is 4.16. The molecule has 0 aromatic carbocycles. The van der Waals surface area contributed by atoms with Crippen LogP contribution in [0.4, 0.5) is 0 Å². The van der Waals surface area contributed by atoms with Gasteiger partial charge in [-0.15, -0.1) is 11.6 Å². The van der Waals surface area contributed by atoms with Gasteiger partial charge in [0.05, 0.1) is 11.6 Å². The quantitative estimate of drug-likeness (QED) is 0.786. The van der Waals surface area contributed by atoms with Crippen LogP contribution in [-0.2, 0) is 19.5 Å². The van der Waals surface area contributed by atoms with Crippen molar-refractivity contribution in [1.29, 1.82) is 0 Å². The number of imidazole rings is 1. The lowest BCUT2D eigenvalue weighted by molar-refractivity contribution is 0.309. The van der Waals surface area contributed by atoms with Gasteiger partial charge in [0.25, 0.3) is 0 Å². The SMILES string of the molecule is Cc1nn(C)c2c1nc(CCl)n2CCN(C)C1CC1. The van der Waals surface area contributed by atoms with Crippen LogP contribution in [0.2, 0.25) is 0 Å². The van der Waals surface area contributed by atoms with E-state index in [0.717, 1.165) is 41.8 Å². The van der Waals surface area contributed by atoms with Gasteiger partial charge in [0, 0.05) is 26.2 Å². The van der Waals surface area contributed by atoms with E-state index in [1.54, 1.807) is 0 Å². The number of hydrogen-bond donors (Lipinski definition) is 0. The van der Waals surface area contributed by atoms with Crippen LogP contribution in [-0.4, -0.2) is 43.9 Å². The molecule has 104 valence electrons. The fraction of sp³-hybridized carbons (Fsp3) is 0.692. The summed E-state index contributed by atoms with van der Waals surface area (Å²) in [5, 5.41) is 4.44. The second-order valence-corrected chi connectivity index (χ2v) is 5.67. The van der Waals surface area contributed by atoms with Gasteiger partial charge in [-0.05, 0) is 26.8 Å².